The molecule has 22 heavy (non-hydrogen) atoms. The Hall–Kier alpha value is -2.27. The quantitative estimate of drug-likeness (QED) is 0.884. The van der Waals surface area contributed by atoms with Crippen LogP contribution in [0, 0.1) is 0 Å². The number of carbonyl (C=O) groups excluding carboxylic acids is 1. The van der Waals surface area contributed by atoms with Gasteiger partial charge in [0.05, 0.1) is 18.3 Å². The summed E-state index contributed by atoms with van der Waals surface area (Å²) in [5, 5.41) is 3.22. The number of hydrogen-bond donors (Lipinski definition) is 1. The molecule has 5 nitrogen and oxygen atoms in total. The third-order valence-electron chi connectivity index (χ3n) is 3.03. The number of ether oxygens (including phenoxy) is 2. The summed E-state index contributed by atoms with van der Waals surface area (Å²) in [4.78, 5) is 16.3. The Morgan fingerprint density at radius 2 is 2.09 bits per heavy atom. The number of halogens is 1. The lowest BCUT2D eigenvalue weighted by Crippen LogP contribution is -2.32. The first-order chi connectivity index (χ1) is 10.7. The number of rotatable bonds is 6. The molecule has 0 fully saturated rings. The lowest BCUT2D eigenvalue weighted by molar-refractivity contribution is -0.122. The van der Waals surface area contributed by atoms with Gasteiger partial charge in [-0.05, 0) is 18.6 Å². The first-order valence-electron chi connectivity index (χ1n) is 6.85. The SMILES string of the molecule is CCC(Oc1ccccc1Cl)C(=O)Nc1cnccc1OC. The summed E-state index contributed by atoms with van der Waals surface area (Å²) in [7, 11) is 1.53. The highest BCUT2D eigenvalue weighted by molar-refractivity contribution is 6.32. The molecule has 116 valence electrons. The van der Waals surface area contributed by atoms with E-state index in [1.807, 2.05) is 6.92 Å². The molecule has 0 aliphatic heterocycles. The van der Waals surface area contributed by atoms with E-state index < -0.39 is 6.10 Å². The zero-order valence-corrected chi connectivity index (χ0v) is 13.1. The van der Waals surface area contributed by atoms with Crippen molar-refractivity contribution in [2.24, 2.45) is 0 Å². The maximum atomic E-state index is 12.4. The molecule has 0 aliphatic carbocycles. The lowest BCUT2D eigenvalue weighted by atomic mass is 10.2. The van der Waals surface area contributed by atoms with Crippen LogP contribution in [-0.4, -0.2) is 24.1 Å². The number of nitrogens with zero attached hydrogens (tertiary/aromatic N) is 1. The molecule has 1 amide bonds. The highest BCUT2D eigenvalue weighted by atomic mass is 35.5. The van der Waals surface area contributed by atoms with E-state index in [0.29, 0.717) is 28.6 Å². The molecular formula is C16H17ClN2O3. The normalized spacial score (nSPS) is 11.6. The molecule has 1 N–H and O–H groups in total. The van der Waals surface area contributed by atoms with Crippen LogP contribution in [-0.2, 0) is 4.79 Å². The van der Waals surface area contributed by atoms with Crippen LogP contribution >= 0.6 is 11.6 Å². The number of carbonyl (C=O) groups is 1. The highest BCUT2D eigenvalue weighted by Crippen LogP contribution is 2.26. The van der Waals surface area contributed by atoms with E-state index in [-0.39, 0.29) is 5.91 Å². The van der Waals surface area contributed by atoms with Crippen LogP contribution in [0.25, 0.3) is 0 Å². The molecule has 0 saturated carbocycles. The molecule has 2 rings (SSSR count). The Balaban J connectivity index is 2.11. The van der Waals surface area contributed by atoms with Crippen LogP contribution in [0.5, 0.6) is 11.5 Å². The molecule has 6 heteroatoms. The highest BCUT2D eigenvalue weighted by Gasteiger charge is 2.20. The van der Waals surface area contributed by atoms with Crippen LogP contribution in [0.4, 0.5) is 5.69 Å². The maximum absolute atomic E-state index is 12.4. The molecule has 0 radical (unpaired) electrons. The van der Waals surface area contributed by atoms with Crippen molar-refractivity contribution in [2.45, 2.75) is 19.4 Å². The van der Waals surface area contributed by atoms with Gasteiger partial charge in [-0.3, -0.25) is 9.78 Å². The molecule has 1 heterocycles. The van der Waals surface area contributed by atoms with Gasteiger partial charge in [0.25, 0.3) is 5.91 Å². The van der Waals surface area contributed by atoms with Crippen molar-refractivity contribution in [2.75, 3.05) is 12.4 Å². The maximum Gasteiger partial charge on any atom is 0.265 e. The number of methoxy groups -OCH3 is 1. The fourth-order valence-electron chi connectivity index (χ4n) is 1.88. The van der Waals surface area contributed by atoms with Crippen molar-refractivity contribution in [3.05, 3.63) is 47.7 Å². The minimum Gasteiger partial charge on any atom is -0.494 e. The standard InChI is InChI=1S/C16H17ClN2O3/c1-3-13(22-14-7-5-4-6-11(14)17)16(20)19-12-10-18-9-8-15(12)21-2/h4-10,13H,3H2,1-2H3,(H,19,20). The minimum atomic E-state index is -0.662. The van der Waals surface area contributed by atoms with Crippen molar-refractivity contribution < 1.29 is 14.3 Å². The molecule has 1 unspecified atom stereocenters. The zero-order chi connectivity index (χ0) is 15.9. The van der Waals surface area contributed by atoms with Crippen molar-refractivity contribution in [1.29, 1.82) is 0 Å². The molecule has 1 aromatic heterocycles. The van der Waals surface area contributed by atoms with E-state index in [0.717, 1.165) is 0 Å². The van der Waals surface area contributed by atoms with E-state index in [2.05, 4.69) is 10.3 Å². The second kappa shape index (κ2) is 7.66. The number of aromatic nitrogens is 1. The largest absolute Gasteiger partial charge is 0.494 e. The third kappa shape index (κ3) is 3.89. The second-order valence-corrected chi connectivity index (χ2v) is 4.92. The Labute approximate surface area is 134 Å². The Kier molecular flexibility index (Phi) is 5.61. The van der Waals surface area contributed by atoms with Crippen molar-refractivity contribution in [1.82, 2.24) is 4.98 Å². The summed E-state index contributed by atoms with van der Waals surface area (Å²) in [6, 6.07) is 8.72. The fourth-order valence-corrected chi connectivity index (χ4v) is 2.06. The van der Waals surface area contributed by atoms with Gasteiger partial charge in [0.15, 0.2) is 6.10 Å². The number of anilines is 1. The molecule has 0 bridgehead atoms. The average molecular weight is 321 g/mol. The van der Waals surface area contributed by atoms with Gasteiger partial charge in [-0.25, -0.2) is 0 Å². The number of benzene rings is 1. The van der Waals surface area contributed by atoms with E-state index in [1.165, 1.54) is 13.3 Å². The molecule has 0 saturated heterocycles. The molecule has 0 spiro atoms. The number of pyridine rings is 1. The Morgan fingerprint density at radius 1 is 1.32 bits per heavy atom. The lowest BCUT2D eigenvalue weighted by Gasteiger charge is -2.18. The summed E-state index contributed by atoms with van der Waals surface area (Å²) < 4.78 is 10.9. The van der Waals surface area contributed by atoms with Crippen molar-refractivity contribution >= 4 is 23.2 Å². The van der Waals surface area contributed by atoms with Crippen LogP contribution in [0.15, 0.2) is 42.7 Å². The number of para-hydroxylation sites is 1. The van der Waals surface area contributed by atoms with Gasteiger partial charge in [-0.2, -0.15) is 0 Å². The predicted octanol–water partition coefficient (Wildman–Crippen LogP) is 3.54. The first kappa shape index (κ1) is 16.1. The van der Waals surface area contributed by atoms with E-state index in [4.69, 9.17) is 21.1 Å². The van der Waals surface area contributed by atoms with Crippen LogP contribution in [0.3, 0.4) is 0 Å². The van der Waals surface area contributed by atoms with Gasteiger partial charge < -0.3 is 14.8 Å². The first-order valence-corrected chi connectivity index (χ1v) is 7.23. The molecule has 2 aromatic rings. The summed E-state index contributed by atoms with van der Waals surface area (Å²) in [6.45, 7) is 1.86. The molecule has 0 aliphatic rings. The van der Waals surface area contributed by atoms with Gasteiger partial charge in [0.1, 0.15) is 17.2 Å². The summed E-state index contributed by atoms with van der Waals surface area (Å²) >= 11 is 6.05. The number of amides is 1. The second-order valence-electron chi connectivity index (χ2n) is 4.51. The number of nitrogens with one attached hydrogen (secondary N) is 1. The van der Waals surface area contributed by atoms with Gasteiger partial charge in [-0.1, -0.05) is 30.7 Å². The summed E-state index contributed by atoms with van der Waals surface area (Å²) in [5.74, 6) is 0.731. The fraction of sp³-hybridized carbons (Fsp3) is 0.250. The monoisotopic (exact) mass is 320 g/mol. The van der Waals surface area contributed by atoms with Crippen LogP contribution < -0.4 is 14.8 Å². The van der Waals surface area contributed by atoms with Gasteiger partial charge in [-0.15, -0.1) is 0 Å². The topological polar surface area (TPSA) is 60.5 Å². The third-order valence-corrected chi connectivity index (χ3v) is 3.34. The number of hydrogen-bond acceptors (Lipinski definition) is 4. The zero-order valence-electron chi connectivity index (χ0n) is 12.4. The van der Waals surface area contributed by atoms with E-state index in [9.17, 15) is 4.79 Å². The predicted molar refractivity (Wildman–Crippen MR) is 85.6 cm³/mol. The van der Waals surface area contributed by atoms with Gasteiger partial charge in [0, 0.05) is 12.3 Å². The summed E-state index contributed by atoms with van der Waals surface area (Å²) in [5.41, 5.74) is 0.496. The summed E-state index contributed by atoms with van der Waals surface area (Å²) in [6.07, 6.45) is 2.95. The van der Waals surface area contributed by atoms with E-state index >= 15 is 0 Å². The van der Waals surface area contributed by atoms with Gasteiger partial charge in [0.2, 0.25) is 0 Å². The molecule has 1 atom stereocenters. The Bertz CT molecular complexity index is 649. The van der Waals surface area contributed by atoms with Gasteiger partial charge >= 0.3 is 0 Å². The molecule has 1 aromatic carbocycles. The van der Waals surface area contributed by atoms with Crippen LogP contribution in [0.1, 0.15) is 13.3 Å². The Morgan fingerprint density at radius 3 is 2.77 bits per heavy atom. The molecular weight excluding hydrogens is 304 g/mol. The van der Waals surface area contributed by atoms with E-state index in [1.54, 1.807) is 36.5 Å². The van der Waals surface area contributed by atoms with Crippen LogP contribution in [0.2, 0.25) is 5.02 Å². The van der Waals surface area contributed by atoms with Crippen molar-refractivity contribution in [3.63, 3.8) is 0 Å². The van der Waals surface area contributed by atoms with Crippen molar-refractivity contribution in [3.8, 4) is 11.5 Å². The average Bonchev–Trinajstić information content (AvgIpc) is 2.54. The minimum absolute atomic E-state index is 0.284. The smallest absolute Gasteiger partial charge is 0.265 e.